The molecule has 1 rings (SSSR count). The number of rotatable bonds is 5. The van der Waals surface area contributed by atoms with E-state index in [2.05, 4.69) is 46.9 Å². The minimum Gasteiger partial charge on any atom is -0.317 e. The van der Waals surface area contributed by atoms with Gasteiger partial charge in [0.25, 0.3) is 0 Å². The Kier molecular flexibility index (Phi) is 6.17. The molecule has 0 heterocycles. The standard InChI is InChI=1S/C17H35N/c1-7-18-12-14-8-9-16(17(4,5)6)11-15(14)10-13(2)3/h13-16,18H,7-12H2,1-6H3. The van der Waals surface area contributed by atoms with Crippen LogP contribution < -0.4 is 5.32 Å². The smallest absolute Gasteiger partial charge is 0.00180 e. The van der Waals surface area contributed by atoms with Gasteiger partial charge < -0.3 is 5.32 Å². The van der Waals surface area contributed by atoms with Gasteiger partial charge >= 0.3 is 0 Å². The van der Waals surface area contributed by atoms with E-state index in [4.69, 9.17) is 0 Å². The lowest BCUT2D eigenvalue weighted by atomic mass is 9.64. The molecule has 3 unspecified atom stereocenters. The monoisotopic (exact) mass is 253 g/mol. The summed E-state index contributed by atoms with van der Waals surface area (Å²) in [5.74, 6) is 3.64. The lowest BCUT2D eigenvalue weighted by Crippen LogP contribution is -2.37. The van der Waals surface area contributed by atoms with E-state index >= 15 is 0 Å². The second-order valence-electron chi connectivity index (χ2n) is 7.83. The SMILES string of the molecule is CCNCC1CCC(C(C)(C)C)CC1CC(C)C. The topological polar surface area (TPSA) is 12.0 Å². The molecule has 0 radical (unpaired) electrons. The minimum absolute atomic E-state index is 0.498. The normalized spacial score (nSPS) is 29.8. The molecule has 0 bridgehead atoms. The first-order valence-corrected chi connectivity index (χ1v) is 8.05. The maximum absolute atomic E-state index is 3.57. The number of hydrogen-bond donors (Lipinski definition) is 1. The predicted molar refractivity (Wildman–Crippen MR) is 81.8 cm³/mol. The van der Waals surface area contributed by atoms with Gasteiger partial charge in [0.05, 0.1) is 0 Å². The molecular formula is C17H35N. The van der Waals surface area contributed by atoms with Crippen LogP contribution in [-0.2, 0) is 0 Å². The van der Waals surface area contributed by atoms with Gasteiger partial charge in [-0.05, 0) is 67.9 Å². The van der Waals surface area contributed by atoms with E-state index in [9.17, 15) is 0 Å². The Bertz CT molecular complexity index is 226. The van der Waals surface area contributed by atoms with Gasteiger partial charge in [-0.25, -0.2) is 0 Å². The highest BCUT2D eigenvalue weighted by Crippen LogP contribution is 2.44. The first-order chi connectivity index (χ1) is 8.34. The third-order valence-electron chi connectivity index (χ3n) is 4.80. The van der Waals surface area contributed by atoms with Gasteiger partial charge in [0.2, 0.25) is 0 Å². The molecule has 0 spiro atoms. The summed E-state index contributed by atoms with van der Waals surface area (Å²) >= 11 is 0. The highest BCUT2D eigenvalue weighted by Gasteiger charge is 2.35. The first kappa shape index (κ1) is 16.0. The molecule has 0 saturated heterocycles. The van der Waals surface area contributed by atoms with Crippen LogP contribution in [0.25, 0.3) is 0 Å². The molecule has 0 aromatic carbocycles. The van der Waals surface area contributed by atoms with Crippen molar-refractivity contribution < 1.29 is 0 Å². The summed E-state index contributed by atoms with van der Waals surface area (Å²) in [5, 5.41) is 3.57. The van der Waals surface area contributed by atoms with Crippen molar-refractivity contribution in [3.8, 4) is 0 Å². The zero-order chi connectivity index (χ0) is 13.8. The average Bonchev–Trinajstić information content (AvgIpc) is 2.25. The second kappa shape index (κ2) is 6.93. The fourth-order valence-electron chi connectivity index (χ4n) is 3.61. The summed E-state index contributed by atoms with van der Waals surface area (Å²) in [6, 6.07) is 0. The number of nitrogens with one attached hydrogen (secondary N) is 1. The van der Waals surface area contributed by atoms with Gasteiger partial charge in [-0.15, -0.1) is 0 Å². The summed E-state index contributed by atoms with van der Waals surface area (Å²) in [4.78, 5) is 0. The quantitative estimate of drug-likeness (QED) is 0.747. The van der Waals surface area contributed by atoms with Gasteiger partial charge in [-0.2, -0.15) is 0 Å². The third-order valence-corrected chi connectivity index (χ3v) is 4.80. The molecule has 18 heavy (non-hydrogen) atoms. The fourth-order valence-corrected chi connectivity index (χ4v) is 3.61. The third kappa shape index (κ3) is 4.91. The van der Waals surface area contributed by atoms with Crippen LogP contribution in [0.3, 0.4) is 0 Å². The molecule has 108 valence electrons. The van der Waals surface area contributed by atoms with Crippen LogP contribution in [0.15, 0.2) is 0 Å². The Morgan fingerprint density at radius 2 is 1.78 bits per heavy atom. The van der Waals surface area contributed by atoms with E-state index in [1.165, 1.54) is 32.2 Å². The Balaban J connectivity index is 2.60. The van der Waals surface area contributed by atoms with Crippen molar-refractivity contribution in [2.45, 2.75) is 67.2 Å². The summed E-state index contributed by atoms with van der Waals surface area (Å²) < 4.78 is 0. The van der Waals surface area contributed by atoms with Crippen LogP contribution in [0, 0.1) is 29.1 Å². The largest absolute Gasteiger partial charge is 0.317 e. The lowest BCUT2D eigenvalue weighted by Gasteiger charge is -2.42. The van der Waals surface area contributed by atoms with Crippen LogP contribution in [0.4, 0.5) is 0 Å². The van der Waals surface area contributed by atoms with Crippen molar-refractivity contribution in [3.63, 3.8) is 0 Å². The van der Waals surface area contributed by atoms with Crippen LogP contribution in [-0.4, -0.2) is 13.1 Å². The molecule has 1 aliphatic rings. The molecule has 3 atom stereocenters. The molecule has 1 nitrogen and oxygen atoms in total. The molecular weight excluding hydrogens is 218 g/mol. The first-order valence-electron chi connectivity index (χ1n) is 8.05. The Labute approximate surface area is 115 Å². The fraction of sp³-hybridized carbons (Fsp3) is 1.00. The molecule has 0 aliphatic heterocycles. The zero-order valence-electron chi connectivity index (χ0n) is 13.6. The van der Waals surface area contributed by atoms with Crippen LogP contribution in [0.1, 0.15) is 67.2 Å². The molecule has 0 aromatic rings. The summed E-state index contributed by atoms with van der Waals surface area (Å²) in [6.45, 7) is 16.6. The summed E-state index contributed by atoms with van der Waals surface area (Å²) in [6.07, 6.45) is 5.75. The molecule has 1 heteroatoms. The summed E-state index contributed by atoms with van der Waals surface area (Å²) in [7, 11) is 0. The zero-order valence-corrected chi connectivity index (χ0v) is 13.6. The summed E-state index contributed by atoms with van der Waals surface area (Å²) in [5.41, 5.74) is 0.498. The van der Waals surface area contributed by atoms with Crippen molar-refractivity contribution in [1.29, 1.82) is 0 Å². The Morgan fingerprint density at radius 3 is 2.28 bits per heavy atom. The van der Waals surface area contributed by atoms with E-state index in [1.807, 2.05) is 0 Å². The van der Waals surface area contributed by atoms with Gasteiger partial charge in [0, 0.05) is 0 Å². The molecule has 1 fully saturated rings. The minimum atomic E-state index is 0.498. The maximum atomic E-state index is 3.57. The molecule has 0 amide bonds. The molecule has 0 aromatic heterocycles. The highest BCUT2D eigenvalue weighted by molar-refractivity contribution is 4.86. The average molecular weight is 253 g/mol. The highest BCUT2D eigenvalue weighted by atomic mass is 14.8. The lowest BCUT2D eigenvalue weighted by molar-refractivity contribution is 0.0859. The van der Waals surface area contributed by atoms with E-state index in [0.717, 1.165) is 30.2 Å². The van der Waals surface area contributed by atoms with Crippen LogP contribution in [0.2, 0.25) is 0 Å². The number of hydrogen-bond acceptors (Lipinski definition) is 1. The van der Waals surface area contributed by atoms with Crippen molar-refractivity contribution in [1.82, 2.24) is 5.32 Å². The van der Waals surface area contributed by atoms with E-state index in [1.54, 1.807) is 0 Å². The Hall–Kier alpha value is -0.0400. The van der Waals surface area contributed by atoms with Crippen molar-refractivity contribution in [2.24, 2.45) is 29.1 Å². The van der Waals surface area contributed by atoms with Crippen molar-refractivity contribution >= 4 is 0 Å². The second-order valence-corrected chi connectivity index (χ2v) is 7.83. The van der Waals surface area contributed by atoms with Crippen molar-refractivity contribution in [2.75, 3.05) is 13.1 Å². The van der Waals surface area contributed by atoms with E-state index < -0.39 is 0 Å². The van der Waals surface area contributed by atoms with Gasteiger partial charge in [0.15, 0.2) is 0 Å². The Morgan fingerprint density at radius 1 is 1.11 bits per heavy atom. The van der Waals surface area contributed by atoms with E-state index in [-0.39, 0.29) is 0 Å². The maximum Gasteiger partial charge on any atom is -0.00180 e. The predicted octanol–water partition coefficient (Wildman–Crippen LogP) is 4.72. The van der Waals surface area contributed by atoms with E-state index in [0.29, 0.717) is 5.41 Å². The van der Waals surface area contributed by atoms with Crippen LogP contribution in [0.5, 0.6) is 0 Å². The van der Waals surface area contributed by atoms with Crippen molar-refractivity contribution in [3.05, 3.63) is 0 Å². The van der Waals surface area contributed by atoms with Gasteiger partial charge in [-0.3, -0.25) is 0 Å². The molecule has 1 N–H and O–H groups in total. The molecule has 1 saturated carbocycles. The van der Waals surface area contributed by atoms with Gasteiger partial charge in [0.1, 0.15) is 0 Å². The van der Waals surface area contributed by atoms with Gasteiger partial charge in [-0.1, -0.05) is 41.5 Å². The van der Waals surface area contributed by atoms with Crippen LogP contribution >= 0.6 is 0 Å². The molecule has 1 aliphatic carbocycles.